The van der Waals surface area contributed by atoms with E-state index in [2.05, 4.69) is 11.9 Å². The van der Waals surface area contributed by atoms with Gasteiger partial charge in [-0.15, -0.1) is 0 Å². The Morgan fingerprint density at radius 2 is 2.00 bits per heavy atom. The van der Waals surface area contributed by atoms with Crippen molar-refractivity contribution in [3.8, 4) is 0 Å². The predicted molar refractivity (Wildman–Crippen MR) is 123 cm³/mol. The van der Waals surface area contributed by atoms with Crippen LogP contribution in [0.15, 0.2) is 77.8 Å². The average molecular weight is 440 g/mol. The topological polar surface area (TPSA) is 122 Å². The maximum Gasteiger partial charge on any atom is 0.276 e. The standard InChI is InChI=1S/C13H16N2O2.C10H13N3O2/c1-11-9-14(7-8-15(11)10-16)13(17)12-5-3-2-4-6-12;1-7(2)8-5-12-6-9(8)10(3-4-11)13(14)15/h2-6,10-11H,7-9H2,1H3;3-5,12H,1,6,11H2,2H3/b;4-3-,10-9-/t11-;/m1./s1. The molecule has 3 rings (SSSR count). The number of nitrogens with zero attached hydrogens (tertiary/aromatic N) is 3. The number of hydrogen-bond donors (Lipinski definition) is 2. The van der Waals surface area contributed by atoms with Crippen LogP contribution in [0.5, 0.6) is 0 Å². The van der Waals surface area contributed by atoms with E-state index in [4.69, 9.17) is 5.73 Å². The van der Waals surface area contributed by atoms with E-state index in [9.17, 15) is 19.7 Å². The fraction of sp³-hybridized carbons (Fsp3) is 0.304. The lowest BCUT2D eigenvalue weighted by molar-refractivity contribution is -0.420. The van der Waals surface area contributed by atoms with E-state index in [1.54, 1.807) is 16.0 Å². The molecule has 9 heteroatoms. The summed E-state index contributed by atoms with van der Waals surface area (Å²) in [7, 11) is 0. The Balaban J connectivity index is 0.000000229. The Morgan fingerprint density at radius 1 is 1.31 bits per heavy atom. The van der Waals surface area contributed by atoms with Crippen LogP contribution in [0, 0.1) is 10.1 Å². The molecule has 2 aliphatic rings. The van der Waals surface area contributed by atoms with Crippen LogP contribution in [0.1, 0.15) is 24.2 Å². The lowest BCUT2D eigenvalue weighted by Gasteiger charge is -2.37. The minimum Gasteiger partial charge on any atom is -0.404 e. The number of hydrogen-bond acceptors (Lipinski definition) is 6. The number of carbonyl (C=O) groups excluding carboxylic acids is 2. The van der Waals surface area contributed by atoms with Crippen LogP contribution in [0.3, 0.4) is 0 Å². The van der Waals surface area contributed by atoms with Gasteiger partial charge in [-0.3, -0.25) is 19.7 Å². The zero-order chi connectivity index (χ0) is 23.7. The van der Waals surface area contributed by atoms with Gasteiger partial charge in [-0.25, -0.2) is 0 Å². The normalized spacial score (nSPS) is 19.4. The zero-order valence-electron chi connectivity index (χ0n) is 18.4. The Bertz CT molecular complexity index is 952. The molecule has 1 saturated heterocycles. The van der Waals surface area contributed by atoms with Crippen molar-refractivity contribution in [1.29, 1.82) is 0 Å². The molecule has 170 valence electrons. The second kappa shape index (κ2) is 11.5. The molecule has 32 heavy (non-hydrogen) atoms. The van der Waals surface area contributed by atoms with Crippen LogP contribution in [0.25, 0.3) is 0 Å². The molecule has 0 radical (unpaired) electrons. The molecule has 1 fully saturated rings. The van der Waals surface area contributed by atoms with Crippen LogP contribution in [0.4, 0.5) is 0 Å². The maximum absolute atomic E-state index is 12.2. The first-order valence-electron chi connectivity index (χ1n) is 10.2. The number of benzene rings is 1. The van der Waals surface area contributed by atoms with Gasteiger partial charge < -0.3 is 20.9 Å². The first-order valence-corrected chi connectivity index (χ1v) is 10.2. The van der Waals surface area contributed by atoms with Crippen LogP contribution in [-0.4, -0.2) is 59.3 Å². The van der Waals surface area contributed by atoms with E-state index in [-0.39, 0.29) is 17.6 Å². The Labute approximate surface area is 187 Å². The second-order valence-electron chi connectivity index (χ2n) is 7.51. The molecule has 9 nitrogen and oxygen atoms in total. The predicted octanol–water partition coefficient (Wildman–Crippen LogP) is 2.04. The molecular formula is C23H29N5O4. The highest BCUT2D eigenvalue weighted by Crippen LogP contribution is 2.24. The van der Waals surface area contributed by atoms with Crippen molar-refractivity contribution in [3.63, 3.8) is 0 Å². The summed E-state index contributed by atoms with van der Waals surface area (Å²) in [5.74, 6) is 0.0444. The van der Waals surface area contributed by atoms with Gasteiger partial charge in [0.05, 0.1) is 10.5 Å². The quantitative estimate of drug-likeness (QED) is 0.411. The summed E-state index contributed by atoms with van der Waals surface area (Å²) in [4.78, 5) is 36.8. The molecule has 0 aromatic heterocycles. The van der Waals surface area contributed by atoms with Crippen molar-refractivity contribution >= 4 is 12.3 Å². The van der Waals surface area contributed by atoms with Gasteiger partial charge in [0, 0.05) is 61.8 Å². The lowest BCUT2D eigenvalue weighted by Crippen LogP contribution is -2.52. The fourth-order valence-electron chi connectivity index (χ4n) is 3.49. The summed E-state index contributed by atoms with van der Waals surface area (Å²) >= 11 is 0. The molecule has 1 aromatic rings. The van der Waals surface area contributed by atoms with Gasteiger partial charge in [0.15, 0.2) is 0 Å². The van der Waals surface area contributed by atoms with Crippen LogP contribution >= 0.6 is 0 Å². The molecule has 2 amide bonds. The van der Waals surface area contributed by atoms with E-state index >= 15 is 0 Å². The molecule has 0 saturated carbocycles. The Morgan fingerprint density at radius 3 is 2.53 bits per heavy atom. The first-order chi connectivity index (χ1) is 15.3. The van der Waals surface area contributed by atoms with E-state index in [0.29, 0.717) is 37.3 Å². The summed E-state index contributed by atoms with van der Waals surface area (Å²) in [6.45, 7) is 9.79. The third-order valence-corrected chi connectivity index (χ3v) is 5.19. The highest BCUT2D eigenvalue weighted by molar-refractivity contribution is 5.94. The molecule has 0 bridgehead atoms. The van der Waals surface area contributed by atoms with E-state index < -0.39 is 4.92 Å². The first kappa shape index (κ1) is 24.4. The minimum atomic E-state index is -0.442. The molecular weight excluding hydrogens is 410 g/mol. The van der Waals surface area contributed by atoms with Crippen molar-refractivity contribution in [2.75, 3.05) is 26.2 Å². The Hall–Kier alpha value is -3.88. The van der Waals surface area contributed by atoms with Crippen LogP contribution < -0.4 is 11.1 Å². The SMILES string of the molecule is C=C(C)C1=CNC/C1=C(\C=C/N)[N+](=O)[O-].C[C@@H]1CN(C(=O)c2ccccc2)CCN1C=O. The number of piperazine rings is 1. The summed E-state index contributed by atoms with van der Waals surface area (Å²) in [5, 5.41) is 13.7. The van der Waals surface area contributed by atoms with Gasteiger partial charge in [0.1, 0.15) is 0 Å². The number of nitrogens with two attached hydrogens (primary N) is 1. The molecule has 1 atom stereocenters. The van der Waals surface area contributed by atoms with Crippen molar-refractivity contribution in [2.24, 2.45) is 5.73 Å². The minimum absolute atomic E-state index is 0.0109. The van der Waals surface area contributed by atoms with Gasteiger partial charge in [0.2, 0.25) is 6.41 Å². The molecule has 0 spiro atoms. The molecule has 1 aromatic carbocycles. The molecule has 0 aliphatic carbocycles. The third kappa shape index (κ3) is 6.07. The molecule has 3 N–H and O–H groups in total. The second-order valence-corrected chi connectivity index (χ2v) is 7.51. The van der Waals surface area contributed by atoms with Crippen molar-refractivity contribution in [3.05, 3.63) is 93.5 Å². The summed E-state index contributed by atoms with van der Waals surface area (Å²) < 4.78 is 0. The van der Waals surface area contributed by atoms with Gasteiger partial charge >= 0.3 is 0 Å². The molecule has 0 unspecified atom stereocenters. The van der Waals surface area contributed by atoms with Gasteiger partial charge in [-0.05, 0) is 31.6 Å². The number of allylic oxidation sites excluding steroid dienone is 2. The monoisotopic (exact) mass is 439 g/mol. The van der Waals surface area contributed by atoms with Gasteiger partial charge in [-0.1, -0.05) is 24.8 Å². The van der Waals surface area contributed by atoms with E-state index in [1.807, 2.05) is 44.2 Å². The third-order valence-electron chi connectivity index (χ3n) is 5.19. The van der Waals surface area contributed by atoms with Gasteiger partial charge in [-0.2, -0.15) is 0 Å². The summed E-state index contributed by atoms with van der Waals surface area (Å²) in [5.41, 5.74) is 8.08. The van der Waals surface area contributed by atoms with Crippen molar-refractivity contribution in [1.82, 2.24) is 15.1 Å². The fourth-order valence-corrected chi connectivity index (χ4v) is 3.49. The smallest absolute Gasteiger partial charge is 0.276 e. The number of nitro groups is 1. The van der Waals surface area contributed by atoms with Gasteiger partial charge in [0.25, 0.3) is 11.6 Å². The lowest BCUT2D eigenvalue weighted by atomic mass is 10.0. The molecule has 2 heterocycles. The summed E-state index contributed by atoms with van der Waals surface area (Å²) in [6, 6.07) is 9.34. The highest BCUT2D eigenvalue weighted by atomic mass is 16.6. The van der Waals surface area contributed by atoms with Crippen molar-refractivity contribution in [2.45, 2.75) is 19.9 Å². The number of carbonyl (C=O) groups is 2. The average Bonchev–Trinajstić information content (AvgIpc) is 3.27. The summed E-state index contributed by atoms with van der Waals surface area (Å²) in [6.07, 6.45) is 5.04. The van der Waals surface area contributed by atoms with Crippen LogP contribution in [0.2, 0.25) is 0 Å². The number of rotatable bonds is 5. The number of amides is 2. The largest absolute Gasteiger partial charge is 0.404 e. The Kier molecular flexibility index (Phi) is 8.76. The zero-order valence-corrected chi connectivity index (χ0v) is 18.4. The number of nitrogens with one attached hydrogen (secondary N) is 1. The van der Waals surface area contributed by atoms with E-state index in [1.165, 1.54) is 12.3 Å². The van der Waals surface area contributed by atoms with E-state index in [0.717, 1.165) is 17.6 Å². The maximum atomic E-state index is 12.2. The van der Waals surface area contributed by atoms with Crippen molar-refractivity contribution < 1.29 is 14.5 Å². The molecule has 2 aliphatic heterocycles. The highest BCUT2D eigenvalue weighted by Gasteiger charge is 2.26. The van der Waals surface area contributed by atoms with Crippen LogP contribution in [-0.2, 0) is 4.79 Å².